The molecule has 1 aromatic heterocycles. The summed E-state index contributed by atoms with van der Waals surface area (Å²) < 4.78 is 0. The topological polar surface area (TPSA) is 75.3 Å². The fraction of sp³-hybridized carbons (Fsp3) is 0.667. The van der Waals surface area contributed by atoms with Gasteiger partial charge >= 0.3 is 0 Å². The van der Waals surface area contributed by atoms with Crippen molar-refractivity contribution in [2.75, 3.05) is 24.6 Å². The Hall–Kier alpha value is -1.20. The average Bonchev–Trinajstić information content (AvgIpc) is 2.39. The number of aliphatic hydroxyl groups is 1. The number of hydrogen-bond donors (Lipinski definition) is 2. The van der Waals surface area contributed by atoms with E-state index in [1.165, 1.54) is 19.3 Å². The monoisotopic (exact) mass is 236 g/mol. The first-order chi connectivity index (χ1) is 8.22. The lowest BCUT2D eigenvalue weighted by atomic mass is 10.1. The van der Waals surface area contributed by atoms with Gasteiger partial charge in [-0.05, 0) is 26.2 Å². The minimum atomic E-state index is -0.384. The minimum absolute atomic E-state index is 0.0761. The Morgan fingerprint density at radius 2 is 2.12 bits per heavy atom. The molecule has 0 spiro atoms. The standard InChI is InChI=1S/C12H20N4O/c1-9-10(11(13)8-17)7-14-12(15-9)16-5-3-2-4-6-16/h7,11,17H,2-6,8,13H2,1H3. The molecular formula is C12H20N4O. The minimum Gasteiger partial charge on any atom is -0.394 e. The van der Waals surface area contributed by atoms with Crippen molar-refractivity contribution >= 4 is 5.95 Å². The molecule has 2 rings (SSSR count). The molecule has 0 amide bonds. The quantitative estimate of drug-likeness (QED) is 0.810. The summed E-state index contributed by atoms with van der Waals surface area (Å²) in [6.07, 6.45) is 5.46. The second-order valence-corrected chi connectivity index (χ2v) is 4.55. The van der Waals surface area contributed by atoms with Crippen molar-refractivity contribution in [3.63, 3.8) is 0 Å². The van der Waals surface area contributed by atoms with Gasteiger partial charge in [0, 0.05) is 30.5 Å². The van der Waals surface area contributed by atoms with Crippen LogP contribution < -0.4 is 10.6 Å². The van der Waals surface area contributed by atoms with E-state index in [0.717, 1.165) is 30.3 Å². The maximum atomic E-state index is 9.04. The van der Waals surface area contributed by atoms with E-state index in [4.69, 9.17) is 10.8 Å². The molecule has 17 heavy (non-hydrogen) atoms. The zero-order chi connectivity index (χ0) is 12.3. The SMILES string of the molecule is Cc1nc(N2CCCCC2)ncc1C(N)CO. The van der Waals surface area contributed by atoms with Crippen LogP contribution in [0.5, 0.6) is 0 Å². The van der Waals surface area contributed by atoms with Crippen molar-refractivity contribution < 1.29 is 5.11 Å². The van der Waals surface area contributed by atoms with E-state index in [-0.39, 0.29) is 12.6 Å². The number of anilines is 1. The number of nitrogens with zero attached hydrogens (tertiary/aromatic N) is 3. The third kappa shape index (κ3) is 2.73. The molecule has 0 radical (unpaired) electrons. The molecule has 0 saturated carbocycles. The van der Waals surface area contributed by atoms with Gasteiger partial charge < -0.3 is 15.7 Å². The summed E-state index contributed by atoms with van der Waals surface area (Å²) in [5.74, 6) is 0.788. The van der Waals surface area contributed by atoms with Crippen molar-refractivity contribution in [1.82, 2.24) is 9.97 Å². The number of aryl methyl sites for hydroxylation is 1. The van der Waals surface area contributed by atoms with E-state index in [9.17, 15) is 0 Å². The van der Waals surface area contributed by atoms with Crippen molar-refractivity contribution in [2.24, 2.45) is 5.73 Å². The van der Waals surface area contributed by atoms with Gasteiger partial charge in [0.2, 0.25) is 5.95 Å². The molecule has 0 aliphatic carbocycles. The summed E-state index contributed by atoms with van der Waals surface area (Å²) in [6.45, 7) is 3.91. The van der Waals surface area contributed by atoms with Gasteiger partial charge in [-0.2, -0.15) is 0 Å². The molecule has 1 aliphatic rings. The maximum Gasteiger partial charge on any atom is 0.225 e. The maximum absolute atomic E-state index is 9.04. The molecule has 1 unspecified atom stereocenters. The van der Waals surface area contributed by atoms with Gasteiger partial charge in [-0.25, -0.2) is 9.97 Å². The number of nitrogens with two attached hydrogens (primary N) is 1. The molecule has 5 nitrogen and oxygen atoms in total. The third-order valence-corrected chi connectivity index (χ3v) is 3.24. The van der Waals surface area contributed by atoms with Crippen LogP contribution in [0.2, 0.25) is 0 Å². The summed E-state index contributed by atoms with van der Waals surface area (Å²) in [7, 11) is 0. The van der Waals surface area contributed by atoms with Crippen LogP contribution in [0.4, 0.5) is 5.95 Å². The number of piperidine rings is 1. The molecule has 1 atom stereocenters. The highest BCUT2D eigenvalue weighted by Crippen LogP contribution is 2.19. The van der Waals surface area contributed by atoms with E-state index in [0.29, 0.717) is 0 Å². The van der Waals surface area contributed by atoms with Crippen LogP contribution in [0.25, 0.3) is 0 Å². The van der Waals surface area contributed by atoms with Crippen LogP contribution in [0, 0.1) is 6.92 Å². The second kappa shape index (κ2) is 5.42. The molecular weight excluding hydrogens is 216 g/mol. The van der Waals surface area contributed by atoms with Crippen LogP contribution in [-0.4, -0.2) is 34.8 Å². The van der Waals surface area contributed by atoms with Crippen molar-refractivity contribution in [1.29, 1.82) is 0 Å². The van der Waals surface area contributed by atoms with Gasteiger partial charge in [-0.15, -0.1) is 0 Å². The molecule has 2 heterocycles. The second-order valence-electron chi connectivity index (χ2n) is 4.55. The highest BCUT2D eigenvalue weighted by Gasteiger charge is 2.16. The first kappa shape index (κ1) is 12.3. The lowest BCUT2D eigenvalue weighted by molar-refractivity contribution is 0.267. The molecule has 5 heteroatoms. The first-order valence-corrected chi connectivity index (χ1v) is 6.17. The van der Waals surface area contributed by atoms with E-state index in [1.54, 1.807) is 6.20 Å². The fourth-order valence-corrected chi connectivity index (χ4v) is 2.17. The number of hydrogen-bond acceptors (Lipinski definition) is 5. The number of aliphatic hydroxyl groups excluding tert-OH is 1. The van der Waals surface area contributed by atoms with Gasteiger partial charge in [0.1, 0.15) is 0 Å². The summed E-state index contributed by atoms with van der Waals surface area (Å²) in [5.41, 5.74) is 7.47. The zero-order valence-electron chi connectivity index (χ0n) is 10.3. The summed E-state index contributed by atoms with van der Waals surface area (Å²) >= 11 is 0. The number of aromatic nitrogens is 2. The largest absolute Gasteiger partial charge is 0.394 e. The predicted molar refractivity (Wildman–Crippen MR) is 66.8 cm³/mol. The fourth-order valence-electron chi connectivity index (χ4n) is 2.17. The highest BCUT2D eigenvalue weighted by molar-refractivity contribution is 5.34. The first-order valence-electron chi connectivity index (χ1n) is 6.17. The summed E-state index contributed by atoms with van der Waals surface area (Å²) in [5, 5.41) is 9.04. The average molecular weight is 236 g/mol. The Kier molecular flexibility index (Phi) is 3.91. The van der Waals surface area contributed by atoms with Crippen LogP contribution in [0.15, 0.2) is 6.20 Å². The molecule has 94 valence electrons. The molecule has 1 aromatic rings. The molecule has 1 aliphatic heterocycles. The Balaban J connectivity index is 2.17. The lowest BCUT2D eigenvalue weighted by Crippen LogP contribution is -2.31. The molecule has 0 aromatic carbocycles. The van der Waals surface area contributed by atoms with E-state index < -0.39 is 0 Å². The van der Waals surface area contributed by atoms with Crippen LogP contribution in [-0.2, 0) is 0 Å². The van der Waals surface area contributed by atoms with Crippen molar-refractivity contribution in [2.45, 2.75) is 32.2 Å². The molecule has 0 bridgehead atoms. The van der Waals surface area contributed by atoms with Gasteiger partial charge in [-0.1, -0.05) is 0 Å². The van der Waals surface area contributed by atoms with Gasteiger partial charge in [0.25, 0.3) is 0 Å². The highest BCUT2D eigenvalue weighted by atomic mass is 16.3. The molecule has 3 N–H and O–H groups in total. The van der Waals surface area contributed by atoms with Crippen LogP contribution in [0.1, 0.15) is 36.6 Å². The molecule has 1 fully saturated rings. The number of rotatable bonds is 3. The molecule has 1 saturated heterocycles. The zero-order valence-corrected chi connectivity index (χ0v) is 10.3. The van der Waals surface area contributed by atoms with E-state index in [1.807, 2.05) is 6.92 Å². The van der Waals surface area contributed by atoms with Crippen molar-refractivity contribution in [3.8, 4) is 0 Å². The van der Waals surface area contributed by atoms with Crippen LogP contribution in [0.3, 0.4) is 0 Å². The smallest absolute Gasteiger partial charge is 0.225 e. The van der Waals surface area contributed by atoms with Gasteiger partial charge in [-0.3, -0.25) is 0 Å². The summed E-state index contributed by atoms with van der Waals surface area (Å²) in [6, 6.07) is -0.384. The third-order valence-electron chi connectivity index (χ3n) is 3.24. The van der Waals surface area contributed by atoms with Crippen LogP contribution >= 0.6 is 0 Å². The van der Waals surface area contributed by atoms with Gasteiger partial charge in [0.15, 0.2) is 0 Å². The Morgan fingerprint density at radius 3 is 2.71 bits per heavy atom. The summed E-state index contributed by atoms with van der Waals surface area (Å²) in [4.78, 5) is 11.1. The Bertz CT molecular complexity index is 377. The van der Waals surface area contributed by atoms with Gasteiger partial charge in [0.05, 0.1) is 12.6 Å². The predicted octanol–water partition coefficient (Wildman–Crippen LogP) is 0.767. The van der Waals surface area contributed by atoms with Crippen molar-refractivity contribution in [3.05, 3.63) is 17.5 Å². The lowest BCUT2D eigenvalue weighted by Gasteiger charge is -2.27. The Labute approximate surface area is 102 Å². The van der Waals surface area contributed by atoms with E-state index >= 15 is 0 Å². The van der Waals surface area contributed by atoms with E-state index in [2.05, 4.69) is 14.9 Å². The Morgan fingerprint density at radius 1 is 1.41 bits per heavy atom. The normalized spacial score (nSPS) is 18.2.